The van der Waals surface area contributed by atoms with Crippen LogP contribution in [0, 0.1) is 11.6 Å². The summed E-state index contributed by atoms with van der Waals surface area (Å²) in [5.74, 6) is -2.93. The van der Waals surface area contributed by atoms with Gasteiger partial charge in [0.2, 0.25) is 5.69 Å². The van der Waals surface area contributed by atoms with Crippen LogP contribution in [0.5, 0.6) is 5.75 Å². The molecule has 15 nitrogen and oxygen atoms in total. The van der Waals surface area contributed by atoms with Crippen LogP contribution in [0.1, 0.15) is 89.3 Å². The van der Waals surface area contributed by atoms with Crippen LogP contribution in [0.4, 0.5) is 20.2 Å². The van der Waals surface area contributed by atoms with E-state index in [1.165, 1.54) is 25.3 Å². The number of halogens is 2. The number of nitrogens with zero attached hydrogens (tertiary/aromatic N) is 2. The standard InChI is InChI=1S/C45H52F2N2O13S4.3Na/c1-44(2)34-27-32(63-62-61-50)15-17-38(34)48(21-6-8-23-64(51,52)53)40(44)19-13-29-11-10-12-30(42(29)43-36(46)25-31(60-5)26-37(43)47)14-20-41-45(3,4)35-28-33(66(57,58)59)16-18-39(35)49(41)22-7-9-24-65(54,55)56;;;/h13-20,25-28H,6-12,21-24H2,1-5H3,(H3-,50,51,52,53,54,55,56,57,58,59);;;/q;3*+1/p-3. The quantitative estimate of drug-likeness (QED) is 0.0240. The fourth-order valence-electron chi connectivity index (χ4n) is 8.99. The van der Waals surface area contributed by atoms with Gasteiger partial charge in [-0.05, 0) is 111 Å². The van der Waals surface area contributed by atoms with Crippen molar-refractivity contribution in [1.29, 1.82) is 0 Å². The van der Waals surface area contributed by atoms with Crippen LogP contribution in [0.15, 0.2) is 99.5 Å². The second-order valence-corrected chi connectivity index (χ2v) is 22.4. The predicted octanol–water partition coefficient (Wildman–Crippen LogP) is -2.05. The van der Waals surface area contributed by atoms with Crippen LogP contribution in [-0.2, 0) is 50.6 Å². The fourth-order valence-corrected chi connectivity index (χ4v) is 11.0. The SMILES string of the molecule is COc1cc(F)c(C2=C(/C=C/C3=[N+](CCCCS(=O)(=O)[O-])c4ccc(SOO[O-])cc4C3(C)C)CCC/C2=C\C=C2\N(CCCCS(=O)(=O)[O-])c3ccc(S(=O)(=O)[O-])cc3C2(C)C)c(F)c1.[Na+].[Na+].[Na+]. The Labute approximate surface area is 473 Å². The van der Waals surface area contributed by atoms with E-state index in [9.17, 15) is 44.2 Å². The predicted molar refractivity (Wildman–Crippen MR) is 239 cm³/mol. The average Bonchev–Trinajstić information content (AvgIpc) is 3.57. The van der Waals surface area contributed by atoms with Gasteiger partial charge in [-0.15, -0.1) is 0 Å². The van der Waals surface area contributed by atoms with Gasteiger partial charge >= 0.3 is 88.7 Å². The molecule has 0 N–H and O–H groups in total. The summed E-state index contributed by atoms with van der Waals surface area (Å²) in [4.78, 5) is 1.98. The molecule has 3 aliphatic rings. The topological polar surface area (TPSA) is 229 Å². The molecular formula is C45H49F2N2Na3O13S4. The van der Waals surface area contributed by atoms with Gasteiger partial charge in [0, 0.05) is 76.0 Å². The number of hydrogen-bond donors (Lipinski definition) is 0. The van der Waals surface area contributed by atoms with E-state index in [4.69, 9.17) is 4.74 Å². The fraction of sp³-hybridized carbons (Fsp3) is 0.400. The minimum Gasteiger partial charge on any atom is -0.748 e. The van der Waals surface area contributed by atoms with Crippen LogP contribution in [0.2, 0.25) is 0 Å². The molecule has 6 rings (SSSR count). The van der Waals surface area contributed by atoms with Crippen molar-refractivity contribution in [3.63, 3.8) is 0 Å². The van der Waals surface area contributed by atoms with Gasteiger partial charge in [0.1, 0.15) is 34.0 Å². The van der Waals surface area contributed by atoms with Gasteiger partial charge in [0.15, 0.2) is 5.71 Å². The van der Waals surface area contributed by atoms with Gasteiger partial charge in [0.25, 0.3) is 0 Å². The first-order valence-corrected chi connectivity index (χ1v) is 26.2. The van der Waals surface area contributed by atoms with Crippen LogP contribution in [0.3, 0.4) is 0 Å². The number of ether oxygens (including phenoxy) is 1. The molecule has 2 aliphatic heterocycles. The zero-order valence-electron chi connectivity index (χ0n) is 39.8. The molecule has 0 amide bonds. The summed E-state index contributed by atoms with van der Waals surface area (Å²) in [5.41, 5.74) is 3.47. The molecule has 1 aliphatic carbocycles. The molecule has 2 heterocycles. The van der Waals surface area contributed by atoms with Crippen molar-refractivity contribution in [2.75, 3.05) is 36.6 Å². The second kappa shape index (κ2) is 25.3. The molecule has 0 fully saturated rings. The number of unbranched alkanes of at least 4 members (excludes halogenated alkanes) is 2. The maximum atomic E-state index is 16.3. The van der Waals surface area contributed by atoms with Gasteiger partial charge in [-0.25, -0.2) is 34.0 Å². The first-order chi connectivity index (χ1) is 30.9. The van der Waals surface area contributed by atoms with Crippen molar-refractivity contribution < 1.29 is 160 Å². The maximum absolute atomic E-state index is 16.3. The molecule has 69 heavy (non-hydrogen) atoms. The number of hydrogen-bond acceptors (Lipinski definition) is 15. The summed E-state index contributed by atoms with van der Waals surface area (Å²) in [5, 5.41) is 14.2. The zero-order chi connectivity index (χ0) is 48.4. The summed E-state index contributed by atoms with van der Waals surface area (Å²) < 4.78 is 149. The Morgan fingerprint density at radius 2 is 1.42 bits per heavy atom. The van der Waals surface area contributed by atoms with Crippen LogP contribution in [0.25, 0.3) is 5.57 Å². The molecule has 24 heteroatoms. The number of benzene rings is 3. The molecule has 0 radical (unpaired) electrons. The van der Waals surface area contributed by atoms with E-state index in [0.717, 1.165) is 41.1 Å². The molecule has 0 atom stereocenters. The Balaban J connectivity index is 0.00000420. The van der Waals surface area contributed by atoms with Gasteiger partial charge in [-0.3, -0.25) is 5.04 Å². The number of rotatable bonds is 19. The van der Waals surface area contributed by atoms with Crippen molar-refractivity contribution in [1.82, 2.24) is 0 Å². The molecule has 0 saturated heterocycles. The van der Waals surface area contributed by atoms with E-state index in [2.05, 4.69) is 9.37 Å². The van der Waals surface area contributed by atoms with Crippen molar-refractivity contribution in [3.05, 3.63) is 118 Å². The number of allylic oxidation sites excluding steroid dienone is 8. The Morgan fingerprint density at radius 3 is 2.01 bits per heavy atom. The molecule has 3 aromatic carbocycles. The molecule has 0 aromatic heterocycles. The first-order valence-electron chi connectivity index (χ1n) is 20.9. The van der Waals surface area contributed by atoms with E-state index < -0.39 is 69.2 Å². The Kier molecular flexibility index (Phi) is 22.7. The molecule has 0 spiro atoms. The first kappa shape index (κ1) is 62.0. The largest absolute Gasteiger partial charge is 1.00 e. The molecule has 0 unspecified atom stereocenters. The minimum absolute atomic E-state index is 0. The van der Waals surface area contributed by atoms with Gasteiger partial charge in [-0.1, -0.05) is 26.0 Å². The minimum atomic E-state index is -4.84. The molecule has 3 aromatic rings. The van der Waals surface area contributed by atoms with E-state index in [0.29, 0.717) is 65.2 Å². The van der Waals surface area contributed by atoms with Crippen LogP contribution in [-0.4, -0.2) is 80.9 Å². The monoisotopic (exact) mass is 1060 g/mol. The number of fused-ring (bicyclic) bond motifs is 2. The third-order valence-corrected chi connectivity index (χ3v) is 15.1. The van der Waals surface area contributed by atoms with Crippen molar-refractivity contribution in [2.45, 2.75) is 93.3 Å². The van der Waals surface area contributed by atoms with Crippen LogP contribution < -0.4 is 104 Å². The molecular weight excluding hydrogens is 1010 g/mol. The average molecular weight is 1060 g/mol. The Morgan fingerprint density at radius 1 is 0.783 bits per heavy atom. The summed E-state index contributed by atoms with van der Waals surface area (Å²) in [7, 11) is -12.5. The normalized spacial score (nSPS) is 17.8. The van der Waals surface area contributed by atoms with Gasteiger partial charge in [-0.2, -0.15) is 8.91 Å². The molecule has 358 valence electrons. The summed E-state index contributed by atoms with van der Waals surface area (Å²) in [6.07, 6.45) is 9.26. The third kappa shape index (κ3) is 14.9. The van der Waals surface area contributed by atoms with Crippen molar-refractivity contribution in [2.24, 2.45) is 0 Å². The van der Waals surface area contributed by atoms with E-state index in [1.807, 2.05) is 55.4 Å². The van der Waals surface area contributed by atoms with E-state index >= 15 is 8.78 Å². The Hall–Kier alpha value is -1.29. The maximum Gasteiger partial charge on any atom is 1.00 e. The van der Waals surface area contributed by atoms with Crippen molar-refractivity contribution in [3.8, 4) is 5.75 Å². The van der Waals surface area contributed by atoms with Crippen molar-refractivity contribution >= 4 is 65.1 Å². The molecule has 0 saturated carbocycles. The smallest absolute Gasteiger partial charge is 0.748 e. The Bertz CT molecular complexity index is 2880. The summed E-state index contributed by atoms with van der Waals surface area (Å²) in [6, 6.07) is 11.5. The van der Waals surface area contributed by atoms with Gasteiger partial charge in [0.05, 0.1) is 55.3 Å². The van der Waals surface area contributed by atoms with Crippen LogP contribution >= 0.6 is 12.0 Å². The summed E-state index contributed by atoms with van der Waals surface area (Å²) >= 11 is 0.717. The van der Waals surface area contributed by atoms with E-state index in [1.54, 1.807) is 24.3 Å². The summed E-state index contributed by atoms with van der Waals surface area (Å²) in [6.45, 7) is 8.10. The number of anilines is 1. The second-order valence-electron chi connectivity index (χ2n) is 17.2. The number of methoxy groups -OCH3 is 1. The van der Waals surface area contributed by atoms with E-state index in [-0.39, 0.29) is 131 Å². The zero-order valence-corrected chi connectivity index (χ0v) is 49.1. The molecule has 0 bridgehead atoms. The third-order valence-electron chi connectivity index (χ3n) is 12.1. The van der Waals surface area contributed by atoms with Gasteiger partial charge < -0.3 is 28.6 Å².